The van der Waals surface area contributed by atoms with Crippen LogP contribution in [-0.2, 0) is 4.74 Å². The Balaban J connectivity index is 2.74. The van der Waals surface area contributed by atoms with Crippen LogP contribution in [0, 0.1) is 6.10 Å². The third-order valence-electron chi connectivity index (χ3n) is 1.66. The molecule has 0 spiro atoms. The molecule has 11 heavy (non-hydrogen) atoms. The summed E-state index contributed by atoms with van der Waals surface area (Å²) in [7, 11) is 1.71. The zero-order valence-electron chi connectivity index (χ0n) is 7.00. The summed E-state index contributed by atoms with van der Waals surface area (Å²) in [5, 5.41) is 0. The molecule has 1 rings (SSSR count). The molecule has 0 aromatic heterocycles. The van der Waals surface area contributed by atoms with E-state index in [1.165, 1.54) is 5.56 Å². The van der Waals surface area contributed by atoms with Crippen LogP contribution in [0.4, 0.5) is 0 Å². The van der Waals surface area contributed by atoms with E-state index < -0.39 is 0 Å². The summed E-state index contributed by atoms with van der Waals surface area (Å²) in [6, 6.07) is 10.2. The van der Waals surface area contributed by atoms with Gasteiger partial charge in [0.15, 0.2) is 0 Å². The molecule has 0 aliphatic carbocycles. The van der Waals surface area contributed by atoms with Crippen molar-refractivity contribution in [3.63, 3.8) is 0 Å². The van der Waals surface area contributed by atoms with E-state index in [0.29, 0.717) is 0 Å². The minimum Gasteiger partial charge on any atom is -0.370 e. The van der Waals surface area contributed by atoms with Crippen molar-refractivity contribution in [2.45, 2.75) is 13.3 Å². The lowest BCUT2D eigenvalue weighted by molar-refractivity contribution is 0.221. The molecule has 0 saturated heterocycles. The van der Waals surface area contributed by atoms with Gasteiger partial charge in [0.1, 0.15) is 6.10 Å². The topological polar surface area (TPSA) is 9.23 Å². The van der Waals surface area contributed by atoms with Crippen molar-refractivity contribution in [1.82, 2.24) is 0 Å². The lowest BCUT2D eigenvalue weighted by Crippen LogP contribution is -1.99. The highest BCUT2D eigenvalue weighted by molar-refractivity contribution is 5.26. The van der Waals surface area contributed by atoms with E-state index in [9.17, 15) is 0 Å². The molecule has 0 saturated carbocycles. The zero-order valence-corrected chi connectivity index (χ0v) is 7.00. The van der Waals surface area contributed by atoms with Gasteiger partial charge in [0, 0.05) is 7.11 Å². The van der Waals surface area contributed by atoms with E-state index >= 15 is 0 Å². The summed E-state index contributed by atoms with van der Waals surface area (Å²) in [5.41, 5.74) is 1.18. The van der Waals surface area contributed by atoms with Crippen molar-refractivity contribution < 1.29 is 4.74 Å². The van der Waals surface area contributed by atoms with Crippen LogP contribution in [0.25, 0.3) is 0 Å². The lowest BCUT2D eigenvalue weighted by atomic mass is 10.1. The molecule has 0 amide bonds. The van der Waals surface area contributed by atoms with Crippen molar-refractivity contribution in [3.05, 3.63) is 42.0 Å². The fraction of sp³-hybridized carbons (Fsp3) is 0.300. The Morgan fingerprint density at radius 1 is 1.27 bits per heavy atom. The highest BCUT2D eigenvalue weighted by atomic mass is 16.5. The Hall–Kier alpha value is -0.820. The summed E-state index contributed by atoms with van der Waals surface area (Å²) in [5.74, 6) is 0. The first kappa shape index (κ1) is 8.28. The van der Waals surface area contributed by atoms with Gasteiger partial charge in [0.05, 0.1) is 0 Å². The number of methoxy groups -OCH3 is 1. The van der Waals surface area contributed by atoms with Crippen LogP contribution in [0.15, 0.2) is 30.3 Å². The van der Waals surface area contributed by atoms with Gasteiger partial charge in [-0.05, 0) is 12.0 Å². The lowest BCUT2D eigenvalue weighted by Gasteiger charge is -2.10. The van der Waals surface area contributed by atoms with Gasteiger partial charge in [0.25, 0.3) is 0 Å². The average molecular weight is 149 g/mol. The third-order valence-corrected chi connectivity index (χ3v) is 1.66. The molecule has 0 aliphatic rings. The Bertz CT molecular complexity index is 189. The Morgan fingerprint density at radius 3 is 2.36 bits per heavy atom. The Morgan fingerprint density at radius 2 is 1.91 bits per heavy atom. The first-order chi connectivity index (χ1) is 5.38. The van der Waals surface area contributed by atoms with Crippen molar-refractivity contribution in [2.75, 3.05) is 7.11 Å². The van der Waals surface area contributed by atoms with E-state index in [0.717, 1.165) is 12.5 Å². The fourth-order valence-corrected chi connectivity index (χ4v) is 1.09. The molecule has 0 N–H and O–H groups in total. The first-order valence-electron chi connectivity index (χ1n) is 3.83. The molecule has 1 heteroatoms. The Kier molecular flexibility index (Phi) is 3.12. The van der Waals surface area contributed by atoms with Gasteiger partial charge in [-0.3, -0.25) is 0 Å². The van der Waals surface area contributed by atoms with Gasteiger partial charge < -0.3 is 4.74 Å². The van der Waals surface area contributed by atoms with Gasteiger partial charge in [0.2, 0.25) is 0 Å². The molecule has 1 nitrogen and oxygen atoms in total. The summed E-state index contributed by atoms with van der Waals surface area (Å²) >= 11 is 0. The summed E-state index contributed by atoms with van der Waals surface area (Å²) in [6.45, 7) is 2.09. The van der Waals surface area contributed by atoms with Gasteiger partial charge in [-0.25, -0.2) is 0 Å². The molecular weight excluding hydrogens is 136 g/mol. The second-order valence-electron chi connectivity index (χ2n) is 2.35. The smallest absolute Gasteiger partial charge is 0.125 e. The molecule has 0 aliphatic heterocycles. The first-order valence-corrected chi connectivity index (χ1v) is 3.83. The normalized spacial score (nSPS) is 10.5. The van der Waals surface area contributed by atoms with Crippen LogP contribution < -0.4 is 0 Å². The predicted octanol–water partition coefficient (Wildman–Crippen LogP) is 2.62. The SMILES string of the molecule is CC[C](OC)c1ccccc1. The molecule has 0 unspecified atom stereocenters. The largest absolute Gasteiger partial charge is 0.370 e. The van der Waals surface area contributed by atoms with E-state index in [4.69, 9.17) is 4.74 Å². The minimum atomic E-state index is 0.945. The Labute approximate surface area is 68.0 Å². The second kappa shape index (κ2) is 4.14. The molecule has 59 valence electrons. The summed E-state index contributed by atoms with van der Waals surface area (Å²) < 4.78 is 5.20. The zero-order chi connectivity index (χ0) is 8.10. The maximum absolute atomic E-state index is 5.20. The molecule has 0 heterocycles. The van der Waals surface area contributed by atoms with E-state index in [1.54, 1.807) is 7.11 Å². The van der Waals surface area contributed by atoms with Crippen LogP contribution in [-0.4, -0.2) is 7.11 Å². The highest BCUT2D eigenvalue weighted by Gasteiger charge is 2.06. The number of benzene rings is 1. The molecule has 1 aromatic carbocycles. The van der Waals surface area contributed by atoms with Crippen LogP contribution in [0.3, 0.4) is 0 Å². The fourth-order valence-electron chi connectivity index (χ4n) is 1.09. The summed E-state index contributed by atoms with van der Waals surface area (Å²) in [6.07, 6.45) is 1.99. The molecule has 1 aromatic rings. The van der Waals surface area contributed by atoms with Crippen molar-refractivity contribution in [3.8, 4) is 0 Å². The van der Waals surface area contributed by atoms with Gasteiger partial charge in [-0.2, -0.15) is 0 Å². The number of hydrogen-bond acceptors (Lipinski definition) is 1. The van der Waals surface area contributed by atoms with Crippen LogP contribution in [0.5, 0.6) is 0 Å². The van der Waals surface area contributed by atoms with Crippen molar-refractivity contribution in [1.29, 1.82) is 0 Å². The van der Waals surface area contributed by atoms with Gasteiger partial charge in [-0.1, -0.05) is 37.3 Å². The standard InChI is InChI=1S/C10H13O/c1-3-10(11-2)9-7-5-4-6-8-9/h4-8H,3H2,1-2H3. The highest BCUT2D eigenvalue weighted by Crippen LogP contribution is 2.17. The molecule has 0 bridgehead atoms. The van der Waals surface area contributed by atoms with Crippen molar-refractivity contribution in [2.24, 2.45) is 0 Å². The number of hydrogen-bond donors (Lipinski definition) is 0. The van der Waals surface area contributed by atoms with Crippen molar-refractivity contribution >= 4 is 0 Å². The van der Waals surface area contributed by atoms with Gasteiger partial charge in [-0.15, -0.1) is 0 Å². The number of rotatable bonds is 3. The maximum Gasteiger partial charge on any atom is 0.125 e. The van der Waals surface area contributed by atoms with Gasteiger partial charge >= 0.3 is 0 Å². The third kappa shape index (κ3) is 2.05. The number of ether oxygens (including phenoxy) is 1. The van der Waals surface area contributed by atoms with E-state index in [-0.39, 0.29) is 0 Å². The molecular formula is C10H13O. The summed E-state index contributed by atoms with van der Waals surface area (Å²) in [4.78, 5) is 0. The monoisotopic (exact) mass is 149 g/mol. The molecule has 0 fully saturated rings. The average Bonchev–Trinajstić information content (AvgIpc) is 2.09. The maximum atomic E-state index is 5.20. The molecule has 0 atom stereocenters. The van der Waals surface area contributed by atoms with E-state index in [2.05, 4.69) is 19.1 Å². The van der Waals surface area contributed by atoms with E-state index in [1.807, 2.05) is 18.2 Å². The second-order valence-corrected chi connectivity index (χ2v) is 2.35. The quantitative estimate of drug-likeness (QED) is 0.642. The van der Waals surface area contributed by atoms with Crippen LogP contribution in [0.2, 0.25) is 0 Å². The predicted molar refractivity (Wildman–Crippen MR) is 46.1 cm³/mol. The molecule has 1 radical (unpaired) electrons. The van der Waals surface area contributed by atoms with Crippen LogP contribution in [0.1, 0.15) is 18.9 Å². The van der Waals surface area contributed by atoms with Crippen LogP contribution >= 0.6 is 0 Å². The minimum absolute atomic E-state index is 0.945.